The van der Waals surface area contributed by atoms with Gasteiger partial charge in [0, 0.05) is 19.4 Å². The smallest absolute Gasteiger partial charge is 0.305 e. The summed E-state index contributed by atoms with van der Waals surface area (Å²) in [5.74, 6) is -0.921. The summed E-state index contributed by atoms with van der Waals surface area (Å²) < 4.78 is 5.28. The minimum Gasteiger partial charge on any atom is -0.481 e. The molecular formula is C21H41NO5. The second-order valence-electron chi connectivity index (χ2n) is 7.21. The van der Waals surface area contributed by atoms with E-state index < -0.39 is 5.97 Å². The summed E-state index contributed by atoms with van der Waals surface area (Å²) in [5, 5.41) is 17.8. The number of carboxylic acid groups (broad SMARTS) is 1. The zero-order valence-corrected chi connectivity index (χ0v) is 17.3. The monoisotopic (exact) mass is 387 g/mol. The van der Waals surface area contributed by atoms with Gasteiger partial charge >= 0.3 is 11.9 Å². The highest BCUT2D eigenvalue weighted by molar-refractivity contribution is 5.69. The lowest BCUT2D eigenvalue weighted by molar-refractivity contribution is -0.144. The van der Waals surface area contributed by atoms with E-state index in [0.29, 0.717) is 32.4 Å². The zero-order valence-electron chi connectivity index (χ0n) is 17.3. The van der Waals surface area contributed by atoms with Crippen molar-refractivity contribution in [1.82, 2.24) is 4.90 Å². The van der Waals surface area contributed by atoms with Crippen molar-refractivity contribution in [3.05, 3.63) is 0 Å². The highest BCUT2D eigenvalue weighted by Gasteiger charge is 2.08. The molecule has 6 heteroatoms. The van der Waals surface area contributed by atoms with Gasteiger partial charge in [-0.25, -0.2) is 0 Å². The molecule has 0 unspecified atom stereocenters. The number of carbonyl (C=O) groups excluding carboxylic acids is 1. The lowest BCUT2D eigenvalue weighted by Crippen LogP contribution is -2.29. The first-order valence-electron chi connectivity index (χ1n) is 10.8. The lowest BCUT2D eigenvalue weighted by Gasteiger charge is -2.20. The number of carboxylic acids is 1. The van der Waals surface area contributed by atoms with Gasteiger partial charge < -0.3 is 19.8 Å². The first-order valence-corrected chi connectivity index (χ1v) is 10.8. The maximum atomic E-state index is 11.8. The molecule has 0 spiro atoms. The molecule has 2 N–H and O–H groups in total. The average molecular weight is 388 g/mol. The van der Waals surface area contributed by atoms with E-state index in [2.05, 4.69) is 11.8 Å². The third-order valence-electron chi connectivity index (χ3n) is 4.65. The minimum absolute atomic E-state index is 0.0713. The molecule has 0 aliphatic heterocycles. The van der Waals surface area contributed by atoms with Crippen molar-refractivity contribution >= 4 is 11.9 Å². The van der Waals surface area contributed by atoms with Crippen LogP contribution in [0.4, 0.5) is 0 Å². The Hall–Kier alpha value is -1.14. The summed E-state index contributed by atoms with van der Waals surface area (Å²) in [5.41, 5.74) is 0. The van der Waals surface area contributed by atoms with Crippen LogP contribution in [0.3, 0.4) is 0 Å². The van der Waals surface area contributed by atoms with Crippen LogP contribution in [-0.2, 0) is 14.3 Å². The molecule has 0 aromatic rings. The Labute approximate surface area is 165 Å². The standard InChI is InChI=1S/C21H41NO5/c1-2-3-4-5-6-7-8-11-19-27-21(26)14-12-16-22(17-18-23)15-10-9-13-20(24)25/h23H,2-19H2,1H3,(H,24,25). The van der Waals surface area contributed by atoms with Gasteiger partial charge in [-0.3, -0.25) is 9.59 Å². The molecule has 0 heterocycles. The van der Waals surface area contributed by atoms with Gasteiger partial charge in [-0.05, 0) is 38.8 Å². The number of aliphatic hydroxyl groups excluding tert-OH is 1. The molecule has 0 bridgehead atoms. The van der Waals surface area contributed by atoms with Gasteiger partial charge in [0.15, 0.2) is 0 Å². The molecular weight excluding hydrogens is 346 g/mol. The van der Waals surface area contributed by atoms with Crippen LogP contribution >= 0.6 is 0 Å². The van der Waals surface area contributed by atoms with Crippen molar-refractivity contribution in [3.8, 4) is 0 Å². The normalized spacial score (nSPS) is 11.1. The van der Waals surface area contributed by atoms with E-state index in [0.717, 1.165) is 32.4 Å². The van der Waals surface area contributed by atoms with E-state index in [4.69, 9.17) is 14.9 Å². The largest absolute Gasteiger partial charge is 0.481 e. The molecule has 0 aromatic carbocycles. The molecule has 0 saturated heterocycles. The molecule has 0 atom stereocenters. The Morgan fingerprint density at radius 3 is 2.04 bits per heavy atom. The van der Waals surface area contributed by atoms with Crippen molar-refractivity contribution in [2.24, 2.45) is 0 Å². The first kappa shape index (κ1) is 25.9. The van der Waals surface area contributed by atoms with Crippen LogP contribution in [0.5, 0.6) is 0 Å². The molecule has 0 aliphatic carbocycles. The fraction of sp³-hybridized carbons (Fsp3) is 0.905. The number of hydrogen-bond donors (Lipinski definition) is 2. The minimum atomic E-state index is -0.775. The van der Waals surface area contributed by atoms with E-state index in [1.54, 1.807) is 0 Å². The van der Waals surface area contributed by atoms with Gasteiger partial charge in [-0.2, -0.15) is 0 Å². The topological polar surface area (TPSA) is 87.1 Å². The number of ether oxygens (including phenoxy) is 1. The SMILES string of the molecule is CCCCCCCCCCOC(=O)CCCN(CCO)CCCCC(=O)O. The number of nitrogens with zero attached hydrogens (tertiary/aromatic N) is 1. The number of aliphatic carboxylic acids is 1. The van der Waals surface area contributed by atoms with Crippen molar-refractivity contribution in [1.29, 1.82) is 0 Å². The molecule has 0 aromatic heterocycles. The van der Waals surface area contributed by atoms with Gasteiger partial charge in [-0.1, -0.05) is 51.9 Å². The molecule has 0 aliphatic rings. The Morgan fingerprint density at radius 2 is 1.41 bits per heavy atom. The summed E-state index contributed by atoms with van der Waals surface area (Å²) in [6, 6.07) is 0. The maximum Gasteiger partial charge on any atom is 0.305 e. The summed E-state index contributed by atoms with van der Waals surface area (Å²) in [4.78, 5) is 24.4. The summed E-state index contributed by atoms with van der Waals surface area (Å²) in [6.45, 7) is 4.84. The van der Waals surface area contributed by atoms with Gasteiger partial charge in [0.1, 0.15) is 0 Å². The van der Waals surface area contributed by atoms with Crippen LogP contribution in [0, 0.1) is 0 Å². The van der Waals surface area contributed by atoms with Gasteiger partial charge in [-0.15, -0.1) is 0 Å². The Bertz CT molecular complexity index is 362. The third kappa shape index (κ3) is 19.4. The summed E-state index contributed by atoms with van der Waals surface area (Å²) in [7, 11) is 0. The predicted molar refractivity (Wildman–Crippen MR) is 108 cm³/mol. The fourth-order valence-corrected chi connectivity index (χ4v) is 3.03. The highest BCUT2D eigenvalue weighted by atomic mass is 16.5. The molecule has 6 nitrogen and oxygen atoms in total. The van der Waals surface area contributed by atoms with E-state index >= 15 is 0 Å². The number of aliphatic hydroxyl groups is 1. The second-order valence-corrected chi connectivity index (χ2v) is 7.21. The quantitative estimate of drug-likeness (QED) is 0.242. The molecule has 0 amide bonds. The molecule has 160 valence electrons. The summed E-state index contributed by atoms with van der Waals surface area (Å²) in [6.07, 6.45) is 12.5. The molecule has 27 heavy (non-hydrogen) atoms. The predicted octanol–water partition coefficient (Wildman–Crippen LogP) is 4.00. The van der Waals surface area contributed by atoms with Crippen LogP contribution in [0.1, 0.15) is 90.4 Å². The van der Waals surface area contributed by atoms with Crippen LogP contribution in [0.2, 0.25) is 0 Å². The number of unbranched alkanes of at least 4 members (excludes halogenated alkanes) is 8. The highest BCUT2D eigenvalue weighted by Crippen LogP contribution is 2.08. The molecule has 0 saturated carbocycles. The van der Waals surface area contributed by atoms with Gasteiger partial charge in [0.25, 0.3) is 0 Å². The van der Waals surface area contributed by atoms with Gasteiger partial charge in [0.05, 0.1) is 13.2 Å². The molecule has 0 radical (unpaired) electrons. The van der Waals surface area contributed by atoms with Crippen LogP contribution in [-0.4, -0.2) is 59.9 Å². The van der Waals surface area contributed by atoms with E-state index in [9.17, 15) is 9.59 Å². The summed E-state index contributed by atoms with van der Waals surface area (Å²) >= 11 is 0. The van der Waals surface area contributed by atoms with E-state index in [-0.39, 0.29) is 19.0 Å². The van der Waals surface area contributed by atoms with E-state index in [1.165, 1.54) is 38.5 Å². The van der Waals surface area contributed by atoms with Crippen LogP contribution in [0.15, 0.2) is 0 Å². The number of esters is 1. The Kier molecular flexibility index (Phi) is 18.8. The van der Waals surface area contributed by atoms with Crippen LogP contribution < -0.4 is 0 Å². The zero-order chi connectivity index (χ0) is 20.2. The first-order chi connectivity index (χ1) is 13.1. The Morgan fingerprint density at radius 1 is 0.778 bits per heavy atom. The van der Waals surface area contributed by atoms with Crippen molar-refractivity contribution in [2.45, 2.75) is 90.4 Å². The number of hydrogen-bond acceptors (Lipinski definition) is 5. The maximum absolute atomic E-state index is 11.8. The second kappa shape index (κ2) is 19.6. The van der Waals surface area contributed by atoms with E-state index in [1.807, 2.05) is 0 Å². The molecule has 0 fully saturated rings. The lowest BCUT2D eigenvalue weighted by atomic mass is 10.1. The average Bonchev–Trinajstić information content (AvgIpc) is 2.63. The number of carbonyl (C=O) groups is 2. The van der Waals surface area contributed by atoms with Gasteiger partial charge in [0.2, 0.25) is 0 Å². The van der Waals surface area contributed by atoms with Crippen molar-refractivity contribution in [2.75, 3.05) is 32.8 Å². The van der Waals surface area contributed by atoms with Crippen molar-refractivity contribution in [3.63, 3.8) is 0 Å². The van der Waals surface area contributed by atoms with Crippen molar-refractivity contribution < 1.29 is 24.5 Å². The van der Waals surface area contributed by atoms with Crippen LogP contribution in [0.25, 0.3) is 0 Å². The fourth-order valence-electron chi connectivity index (χ4n) is 3.03. The number of rotatable bonds is 20. The Balaban J connectivity index is 3.58. The third-order valence-corrected chi connectivity index (χ3v) is 4.65. The molecule has 0 rings (SSSR count).